The normalized spacial score (nSPS) is 14.0. The molecular formula is C17H19ClN4O2. The molecule has 1 saturated heterocycles. The monoisotopic (exact) mass is 346 g/mol. The Bertz CT molecular complexity index is 770. The molecule has 6 nitrogen and oxygen atoms in total. The molecule has 7 heteroatoms. The molecule has 1 amide bonds. The van der Waals surface area contributed by atoms with Crippen molar-refractivity contribution in [2.24, 2.45) is 0 Å². The van der Waals surface area contributed by atoms with Crippen molar-refractivity contribution in [3.8, 4) is 0 Å². The predicted molar refractivity (Wildman–Crippen MR) is 93.4 cm³/mol. The van der Waals surface area contributed by atoms with Crippen LogP contribution in [0.4, 0.5) is 5.69 Å². The first-order chi connectivity index (χ1) is 11.6. The molecule has 1 aliphatic rings. The molecule has 0 unspecified atom stereocenters. The predicted octanol–water partition coefficient (Wildman–Crippen LogP) is 1.98. The van der Waals surface area contributed by atoms with Crippen LogP contribution in [0.15, 0.2) is 41.3 Å². The first kappa shape index (κ1) is 16.5. The fraction of sp³-hybridized carbons (Fsp3) is 0.353. The summed E-state index contributed by atoms with van der Waals surface area (Å²) in [6.07, 6.45) is 3.58. The van der Waals surface area contributed by atoms with Crippen LogP contribution in [-0.2, 0) is 11.3 Å². The van der Waals surface area contributed by atoms with E-state index in [4.69, 9.17) is 11.6 Å². The maximum absolute atomic E-state index is 12.3. The summed E-state index contributed by atoms with van der Waals surface area (Å²) in [6, 6.07) is 9.56. The Kier molecular flexibility index (Phi) is 5.15. The highest BCUT2D eigenvalue weighted by Crippen LogP contribution is 2.16. The number of likely N-dealkylation sites (tertiary alicyclic amines) is 1. The van der Waals surface area contributed by atoms with Gasteiger partial charge in [-0.05, 0) is 18.4 Å². The number of halogens is 1. The van der Waals surface area contributed by atoms with Gasteiger partial charge in [-0.1, -0.05) is 41.9 Å². The van der Waals surface area contributed by atoms with Gasteiger partial charge in [0.15, 0.2) is 0 Å². The molecule has 1 aliphatic heterocycles. The zero-order valence-electron chi connectivity index (χ0n) is 13.2. The molecule has 3 rings (SSSR count). The van der Waals surface area contributed by atoms with E-state index in [0.29, 0.717) is 12.2 Å². The summed E-state index contributed by atoms with van der Waals surface area (Å²) in [7, 11) is 0. The van der Waals surface area contributed by atoms with Gasteiger partial charge in [-0.15, -0.1) is 0 Å². The van der Waals surface area contributed by atoms with Gasteiger partial charge in [-0.2, -0.15) is 5.10 Å². The van der Waals surface area contributed by atoms with Gasteiger partial charge in [0, 0.05) is 13.1 Å². The summed E-state index contributed by atoms with van der Waals surface area (Å²) in [6.45, 7) is 2.06. The maximum atomic E-state index is 12.3. The number of aromatic nitrogens is 2. The average molecular weight is 347 g/mol. The van der Waals surface area contributed by atoms with Gasteiger partial charge < -0.3 is 10.2 Å². The molecule has 0 spiro atoms. The molecule has 2 aromatic rings. The van der Waals surface area contributed by atoms with Crippen molar-refractivity contribution in [2.75, 3.05) is 25.0 Å². The number of anilines is 1. The molecule has 126 valence electrons. The van der Waals surface area contributed by atoms with Gasteiger partial charge in [0.2, 0.25) is 5.91 Å². The fourth-order valence-electron chi connectivity index (χ4n) is 2.71. The lowest BCUT2D eigenvalue weighted by atomic mass is 10.2. The van der Waals surface area contributed by atoms with Gasteiger partial charge in [-0.3, -0.25) is 9.59 Å². The number of amides is 1. The number of carbonyl (C=O) groups excluding carboxylic acids is 1. The molecular weight excluding hydrogens is 328 g/mol. The Balaban J connectivity index is 1.68. The average Bonchev–Trinajstić information content (AvgIpc) is 3.14. The van der Waals surface area contributed by atoms with Crippen molar-refractivity contribution in [3.05, 3.63) is 57.5 Å². The quantitative estimate of drug-likeness (QED) is 0.899. The largest absolute Gasteiger partial charge is 0.373 e. The van der Waals surface area contributed by atoms with Gasteiger partial charge in [0.05, 0.1) is 25.0 Å². The van der Waals surface area contributed by atoms with Crippen molar-refractivity contribution in [1.29, 1.82) is 0 Å². The second-order valence-corrected chi connectivity index (χ2v) is 6.14. The minimum absolute atomic E-state index is 0.0111. The minimum atomic E-state index is -0.376. The third-order valence-electron chi connectivity index (χ3n) is 4.05. The van der Waals surface area contributed by atoms with E-state index in [1.54, 1.807) is 0 Å². The van der Waals surface area contributed by atoms with Gasteiger partial charge in [0.1, 0.15) is 5.02 Å². The van der Waals surface area contributed by atoms with E-state index in [1.807, 2.05) is 35.2 Å². The summed E-state index contributed by atoms with van der Waals surface area (Å²) in [5.41, 5.74) is 0.978. The number of nitrogens with zero attached hydrogens (tertiary/aromatic N) is 3. The van der Waals surface area contributed by atoms with E-state index < -0.39 is 0 Å². The molecule has 0 bridgehead atoms. The minimum Gasteiger partial charge on any atom is -0.373 e. The summed E-state index contributed by atoms with van der Waals surface area (Å²) in [5, 5.41) is 7.12. The Hall–Kier alpha value is -2.34. The number of carbonyl (C=O) groups is 1. The third kappa shape index (κ3) is 3.76. The van der Waals surface area contributed by atoms with E-state index in [0.717, 1.165) is 31.5 Å². The molecule has 0 atom stereocenters. The topological polar surface area (TPSA) is 67.2 Å². The van der Waals surface area contributed by atoms with E-state index in [9.17, 15) is 9.59 Å². The molecule has 1 N–H and O–H groups in total. The second kappa shape index (κ2) is 7.49. The number of benzene rings is 1. The molecule has 1 aromatic heterocycles. The van der Waals surface area contributed by atoms with Crippen molar-refractivity contribution < 1.29 is 4.79 Å². The number of rotatable bonds is 5. The van der Waals surface area contributed by atoms with Crippen LogP contribution in [-0.4, -0.2) is 40.2 Å². The molecule has 0 aliphatic carbocycles. The molecule has 24 heavy (non-hydrogen) atoms. The maximum Gasteiger partial charge on any atom is 0.287 e. The first-order valence-electron chi connectivity index (χ1n) is 7.96. The van der Waals surface area contributed by atoms with Gasteiger partial charge in [-0.25, -0.2) is 4.68 Å². The van der Waals surface area contributed by atoms with Crippen LogP contribution in [0.3, 0.4) is 0 Å². The van der Waals surface area contributed by atoms with E-state index in [1.165, 1.54) is 10.9 Å². The Morgan fingerprint density at radius 1 is 1.21 bits per heavy atom. The lowest BCUT2D eigenvalue weighted by Crippen LogP contribution is -2.33. The number of hydrogen-bond acceptors (Lipinski definition) is 4. The highest BCUT2D eigenvalue weighted by molar-refractivity contribution is 6.33. The lowest BCUT2D eigenvalue weighted by Gasteiger charge is -2.16. The lowest BCUT2D eigenvalue weighted by molar-refractivity contribution is -0.128. The number of nitrogens with one attached hydrogen (secondary N) is 1. The number of hydrogen-bond donors (Lipinski definition) is 1. The summed E-state index contributed by atoms with van der Waals surface area (Å²) in [5.74, 6) is 0.0111. The zero-order valence-corrected chi connectivity index (χ0v) is 14.0. The smallest absolute Gasteiger partial charge is 0.287 e. The molecule has 2 heterocycles. The Morgan fingerprint density at radius 3 is 2.62 bits per heavy atom. The molecule has 0 saturated carbocycles. The molecule has 1 aromatic carbocycles. The fourth-order valence-corrected chi connectivity index (χ4v) is 2.92. The second-order valence-electron chi connectivity index (χ2n) is 5.76. The standard InChI is InChI=1S/C17H19ClN4O2/c18-16-14(19-11-15(23)21-8-4-5-9-21)10-20-22(17(16)24)12-13-6-2-1-3-7-13/h1-3,6-7,10,19H,4-5,8-9,11-12H2. The van der Waals surface area contributed by atoms with Crippen LogP contribution in [0.2, 0.25) is 5.02 Å². The highest BCUT2D eigenvalue weighted by Gasteiger charge is 2.18. The highest BCUT2D eigenvalue weighted by atomic mass is 35.5. The molecule has 1 fully saturated rings. The third-order valence-corrected chi connectivity index (χ3v) is 4.41. The van der Waals surface area contributed by atoms with Crippen LogP contribution >= 0.6 is 11.6 Å². The summed E-state index contributed by atoms with van der Waals surface area (Å²) < 4.78 is 1.31. The Labute approximate surface area is 145 Å². The zero-order chi connectivity index (χ0) is 16.9. The summed E-state index contributed by atoms with van der Waals surface area (Å²) >= 11 is 6.15. The van der Waals surface area contributed by atoms with Crippen molar-refractivity contribution in [3.63, 3.8) is 0 Å². The van der Waals surface area contributed by atoms with Crippen molar-refractivity contribution in [2.45, 2.75) is 19.4 Å². The van der Waals surface area contributed by atoms with Crippen LogP contribution in [0.5, 0.6) is 0 Å². The summed E-state index contributed by atoms with van der Waals surface area (Å²) in [4.78, 5) is 26.2. The van der Waals surface area contributed by atoms with Crippen LogP contribution < -0.4 is 10.9 Å². The van der Waals surface area contributed by atoms with Crippen LogP contribution in [0.1, 0.15) is 18.4 Å². The molecule has 0 radical (unpaired) electrons. The van der Waals surface area contributed by atoms with Crippen LogP contribution in [0, 0.1) is 0 Å². The van der Waals surface area contributed by atoms with Gasteiger partial charge in [0.25, 0.3) is 5.56 Å². The van der Waals surface area contributed by atoms with Gasteiger partial charge >= 0.3 is 0 Å². The van der Waals surface area contributed by atoms with E-state index in [-0.39, 0.29) is 23.0 Å². The SMILES string of the molecule is O=C(CNc1cnn(Cc2ccccc2)c(=O)c1Cl)N1CCCC1. The van der Waals surface area contributed by atoms with E-state index >= 15 is 0 Å². The van der Waals surface area contributed by atoms with Crippen molar-refractivity contribution >= 4 is 23.2 Å². The van der Waals surface area contributed by atoms with Crippen molar-refractivity contribution in [1.82, 2.24) is 14.7 Å². The van der Waals surface area contributed by atoms with E-state index in [2.05, 4.69) is 10.4 Å². The first-order valence-corrected chi connectivity index (χ1v) is 8.34. The Morgan fingerprint density at radius 2 is 1.92 bits per heavy atom. The van der Waals surface area contributed by atoms with Crippen LogP contribution in [0.25, 0.3) is 0 Å².